The van der Waals surface area contributed by atoms with Crippen LogP contribution in [0.5, 0.6) is 5.75 Å². The van der Waals surface area contributed by atoms with Gasteiger partial charge in [-0.05, 0) is 82.2 Å². The zero-order valence-electron chi connectivity index (χ0n) is 19.8. The summed E-state index contributed by atoms with van der Waals surface area (Å²) in [7, 11) is 0. The summed E-state index contributed by atoms with van der Waals surface area (Å²) in [5, 5.41) is 0. The molecule has 0 amide bonds. The third-order valence-electron chi connectivity index (χ3n) is 5.69. The highest BCUT2D eigenvalue weighted by Crippen LogP contribution is 2.37. The molecule has 0 N–H and O–H groups in total. The Hall–Kier alpha value is -3.22. The molecule has 4 rings (SSSR count). The number of ketones is 2. The Morgan fingerprint density at radius 3 is 2.14 bits per heavy atom. The summed E-state index contributed by atoms with van der Waals surface area (Å²) < 4.78 is 19.7. The number of carbonyl (C=O) groups excluding carboxylic acids is 2. The number of benzene rings is 4. The minimum atomic E-state index is -0.696. The smallest absolute Gasteiger partial charge is 0.233 e. The molecule has 0 aliphatic rings. The SMILES string of the molecule is CC(C)(COc1ccc(C(=O)C(=O)c2ccc(F)c(Br)c2)cc1)c1ccccc1Sc1ccccc1. The Kier molecular flexibility index (Phi) is 8.07. The Balaban J connectivity index is 1.43. The summed E-state index contributed by atoms with van der Waals surface area (Å²) >= 11 is 4.77. The summed E-state index contributed by atoms with van der Waals surface area (Å²) in [6.45, 7) is 4.69. The maximum Gasteiger partial charge on any atom is 0.233 e. The standard InChI is InChI=1S/C30H24BrFO3S/c1-30(2,24-10-6-7-11-27(24)36-23-8-4-3-5-9-23)19-35-22-15-12-20(13-16-22)28(33)29(34)21-14-17-26(32)25(31)18-21/h3-18H,19H2,1-2H3. The number of Topliss-reactive ketones (excluding diaryl/α,β-unsaturated/α-hetero) is 2. The Bertz CT molecular complexity index is 1390. The van der Waals surface area contributed by atoms with Gasteiger partial charge < -0.3 is 4.74 Å². The van der Waals surface area contributed by atoms with Crippen molar-refractivity contribution in [3.05, 3.63) is 124 Å². The van der Waals surface area contributed by atoms with Gasteiger partial charge in [0, 0.05) is 26.3 Å². The van der Waals surface area contributed by atoms with Crippen molar-refractivity contribution in [1.82, 2.24) is 0 Å². The molecule has 0 bridgehead atoms. The molecule has 0 aromatic heterocycles. The van der Waals surface area contributed by atoms with Crippen molar-refractivity contribution in [2.45, 2.75) is 29.1 Å². The van der Waals surface area contributed by atoms with E-state index < -0.39 is 17.4 Å². The van der Waals surface area contributed by atoms with Crippen LogP contribution in [0.2, 0.25) is 0 Å². The number of ether oxygens (including phenoxy) is 1. The molecule has 3 nitrogen and oxygen atoms in total. The highest BCUT2D eigenvalue weighted by Gasteiger charge is 2.25. The first-order valence-electron chi connectivity index (χ1n) is 11.3. The van der Waals surface area contributed by atoms with E-state index in [0.29, 0.717) is 12.4 Å². The van der Waals surface area contributed by atoms with Crippen LogP contribution in [0.1, 0.15) is 40.1 Å². The molecule has 182 valence electrons. The molecular formula is C30H24BrFO3S. The van der Waals surface area contributed by atoms with Crippen molar-refractivity contribution >= 4 is 39.3 Å². The van der Waals surface area contributed by atoms with Gasteiger partial charge in [-0.15, -0.1) is 0 Å². The van der Waals surface area contributed by atoms with Crippen LogP contribution in [0, 0.1) is 5.82 Å². The highest BCUT2D eigenvalue weighted by atomic mass is 79.9. The molecule has 0 heterocycles. The Morgan fingerprint density at radius 2 is 1.44 bits per heavy atom. The Morgan fingerprint density at radius 1 is 0.833 bits per heavy atom. The zero-order valence-corrected chi connectivity index (χ0v) is 22.2. The molecule has 0 spiro atoms. The van der Waals surface area contributed by atoms with Crippen molar-refractivity contribution in [1.29, 1.82) is 0 Å². The van der Waals surface area contributed by atoms with Gasteiger partial charge in [0.25, 0.3) is 0 Å². The fourth-order valence-electron chi connectivity index (χ4n) is 3.67. The lowest BCUT2D eigenvalue weighted by molar-refractivity contribution is 0.0817. The third-order valence-corrected chi connectivity index (χ3v) is 7.38. The van der Waals surface area contributed by atoms with Crippen LogP contribution in [0.4, 0.5) is 4.39 Å². The van der Waals surface area contributed by atoms with Crippen LogP contribution >= 0.6 is 27.7 Å². The lowest BCUT2D eigenvalue weighted by Gasteiger charge is -2.27. The van der Waals surface area contributed by atoms with Crippen LogP contribution in [-0.2, 0) is 5.41 Å². The molecule has 6 heteroatoms. The predicted octanol–water partition coefficient (Wildman–Crippen LogP) is 8.16. The molecule has 4 aromatic carbocycles. The number of hydrogen-bond donors (Lipinski definition) is 0. The van der Waals surface area contributed by atoms with E-state index in [9.17, 15) is 14.0 Å². The van der Waals surface area contributed by atoms with E-state index in [1.165, 1.54) is 27.5 Å². The zero-order chi connectivity index (χ0) is 25.7. The van der Waals surface area contributed by atoms with Gasteiger partial charge >= 0.3 is 0 Å². The van der Waals surface area contributed by atoms with E-state index in [1.54, 1.807) is 36.0 Å². The van der Waals surface area contributed by atoms with E-state index in [1.807, 2.05) is 30.3 Å². The molecule has 4 aromatic rings. The second kappa shape index (κ2) is 11.2. The summed E-state index contributed by atoms with van der Waals surface area (Å²) in [4.78, 5) is 27.5. The molecular weight excluding hydrogens is 539 g/mol. The molecule has 0 aliphatic carbocycles. The first-order valence-corrected chi connectivity index (χ1v) is 12.9. The van der Waals surface area contributed by atoms with Crippen molar-refractivity contribution < 1.29 is 18.7 Å². The van der Waals surface area contributed by atoms with Crippen molar-refractivity contribution in [2.75, 3.05) is 6.61 Å². The summed E-state index contributed by atoms with van der Waals surface area (Å²) in [6, 6.07) is 28.8. The molecule has 0 radical (unpaired) electrons. The first kappa shape index (κ1) is 25.9. The van der Waals surface area contributed by atoms with Crippen LogP contribution in [-0.4, -0.2) is 18.2 Å². The Labute approximate surface area is 222 Å². The van der Waals surface area contributed by atoms with Crippen molar-refractivity contribution in [3.63, 3.8) is 0 Å². The number of hydrogen-bond acceptors (Lipinski definition) is 4. The molecule has 0 aliphatic heterocycles. The van der Waals surface area contributed by atoms with Crippen LogP contribution in [0.3, 0.4) is 0 Å². The van der Waals surface area contributed by atoms with Gasteiger partial charge in [-0.2, -0.15) is 0 Å². The molecule has 0 saturated heterocycles. The van der Waals surface area contributed by atoms with Crippen LogP contribution < -0.4 is 4.74 Å². The molecule has 0 atom stereocenters. The van der Waals surface area contributed by atoms with Crippen LogP contribution in [0.25, 0.3) is 0 Å². The lowest BCUT2D eigenvalue weighted by Crippen LogP contribution is -2.27. The maximum absolute atomic E-state index is 13.5. The quantitative estimate of drug-likeness (QED) is 0.152. The van der Waals surface area contributed by atoms with E-state index >= 15 is 0 Å². The van der Waals surface area contributed by atoms with Gasteiger partial charge in [0.1, 0.15) is 11.6 Å². The van der Waals surface area contributed by atoms with Gasteiger partial charge in [-0.25, -0.2) is 4.39 Å². The van der Waals surface area contributed by atoms with E-state index in [-0.39, 0.29) is 21.0 Å². The third kappa shape index (κ3) is 6.12. The predicted molar refractivity (Wildman–Crippen MR) is 145 cm³/mol. The fourth-order valence-corrected chi connectivity index (χ4v) is 5.20. The van der Waals surface area contributed by atoms with E-state index in [4.69, 9.17) is 4.74 Å². The van der Waals surface area contributed by atoms with Gasteiger partial charge in [0.2, 0.25) is 11.6 Å². The summed E-state index contributed by atoms with van der Waals surface area (Å²) in [6.07, 6.45) is 0. The molecule has 0 saturated carbocycles. The van der Waals surface area contributed by atoms with Crippen LogP contribution in [0.15, 0.2) is 111 Å². The number of halogens is 2. The maximum atomic E-state index is 13.5. The van der Waals surface area contributed by atoms with Crippen molar-refractivity contribution in [3.8, 4) is 5.75 Å². The van der Waals surface area contributed by atoms with E-state index in [2.05, 4.69) is 54.0 Å². The second-order valence-electron chi connectivity index (χ2n) is 8.90. The normalized spacial score (nSPS) is 11.2. The highest BCUT2D eigenvalue weighted by molar-refractivity contribution is 9.10. The molecule has 0 unspecified atom stereocenters. The second-order valence-corrected chi connectivity index (χ2v) is 10.9. The minimum absolute atomic E-state index is 0.127. The van der Waals surface area contributed by atoms with Gasteiger partial charge in [-0.3, -0.25) is 9.59 Å². The first-order chi connectivity index (χ1) is 17.2. The van der Waals surface area contributed by atoms with Gasteiger partial charge in [-0.1, -0.05) is 62.0 Å². The lowest BCUT2D eigenvalue weighted by atomic mass is 9.85. The summed E-state index contributed by atoms with van der Waals surface area (Å²) in [5.41, 5.74) is 1.28. The molecule has 36 heavy (non-hydrogen) atoms. The van der Waals surface area contributed by atoms with Gasteiger partial charge in [0.15, 0.2) is 0 Å². The molecule has 0 fully saturated rings. The topological polar surface area (TPSA) is 43.4 Å². The number of carbonyl (C=O) groups is 2. The average molecular weight is 563 g/mol. The fraction of sp³-hybridized carbons (Fsp3) is 0.133. The average Bonchev–Trinajstić information content (AvgIpc) is 2.89. The monoisotopic (exact) mass is 562 g/mol. The summed E-state index contributed by atoms with van der Waals surface area (Å²) in [5.74, 6) is -1.25. The minimum Gasteiger partial charge on any atom is -0.493 e. The largest absolute Gasteiger partial charge is 0.493 e. The number of rotatable bonds is 9. The van der Waals surface area contributed by atoms with E-state index in [0.717, 1.165) is 6.07 Å². The van der Waals surface area contributed by atoms with Gasteiger partial charge in [0.05, 0.1) is 11.1 Å². The van der Waals surface area contributed by atoms with Crippen molar-refractivity contribution in [2.24, 2.45) is 0 Å².